The zero-order valence-electron chi connectivity index (χ0n) is 6.99. The first kappa shape index (κ1) is 16.3. The van der Waals surface area contributed by atoms with Gasteiger partial charge < -0.3 is 25.0 Å². The summed E-state index contributed by atoms with van der Waals surface area (Å²) in [6.45, 7) is 15.2. The topological polar surface area (TPSA) is 0 Å². The van der Waals surface area contributed by atoms with Gasteiger partial charge >= 0.3 is 0 Å². The molecule has 0 aliphatic carbocycles. The monoisotopic (exact) mass is 201 g/mol. The quantitative estimate of drug-likeness (QED) is 0.528. The van der Waals surface area contributed by atoms with E-state index in [4.69, 9.17) is 0 Å². The normalized spacial score (nSPS) is 9.78. The Kier molecular flexibility index (Phi) is 20.6. The molecule has 0 unspecified atom stereocenters. The van der Waals surface area contributed by atoms with Crippen LogP contribution in [0.25, 0.3) is 0 Å². The Morgan fingerprint density at radius 2 is 1.00 bits per heavy atom. The molecular formula is C8H16Y-2. The molecule has 0 bridgehead atoms. The Balaban J connectivity index is -0.000000109. The third-order valence-electron chi connectivity index (χ3n) is 0.729. The molecule has 0 amide bonds. The van der Waals surface area contributed by atoms with Crippen molar-refractivity contribution in [2.24, 2.45) is 0 Å². The molecule has 0 spiro atoms. The largest absolute Gasteiger partial charge is 0.367 e. The van der Waals surface area contributed by atoms with Crippen LogP contribution in [0.3, 0.4) is 0 Å². The van der Waals surface area contributed by atoms with E-state index in [-0.39, 0.29) is 32.7 Å². The molecule has 1 radical (unpaired) electrons. The first-order valence-corrected chi connectivity index (χ1v) is 2.96. The summed E-state index contributed by atoms with van der Waals surface area (Å²) in [5.74, 6) is 0. The van der Waals surface area contributed by atoms with Crippen LogP contribution in [0.2, 0.25) is 0 Å². The third-order valence-corrected chi connectivity index (χ3v) is 0.729. The summed E-state index contributed by atoms with van der Waals surface area (Å²) in [6, 6.07) is 0. The Bertz CT molecular complexity index is 54.6. The Labute approximate surface area is 85.0 Å². The van der Waals surface area contributed by atoms with Crippen LogP contribution in [-0.2, 0) is 32.7 Å². The summed E-state index contributed by atoms with van der Waals surface area (Å²) in [7, 11) is 0. The smallest absolute Gasteiger partial charge is 0 e. The Morgan fingerprint density at radius 1 is 0.889 bits per heavy atom. The standard InChI is InChI=1S/C6H10.C2H6.Y/c1-5(2)6(3)4;1-2;/h1,3H2,2,4H3;1-2H3;/q-2;;/b6-5-;;. The third kappa shape index (κ3) is 17.7. The van der Waals surface area contributed by atoms with Crippen molar-refractivity contribution in [3.05, 3.63) is 25.0 Å². The summed E-state index contributed by atoms with van der Waals surface area (Å²) in [5, 5.41) is 0. The fraction of sp³-hybridized carbons (Fsp3) is 0.500. The van der Waals surface area contributed by atoms with E-state index in [0.717, 1.165) is 11.1 Å². The van der Waals surface area contributed by atoms with Crippen LogP contribution in [0.15, 0.2) is 11.1 Å². The molecule has 0 nitrogen and oxygen atoms in total. The van der Waals surface area contributed by atoms with Crippen molar-refractivity contribution >= 4 is 0 Å². The Morgan fingerprint density at radius 3 is 1.00 bits per heavy atom. The predicted octanol–water partition coefficient (Wildman–Crippen LogP) is 3.01. The fourth-order valence-electron chi connectivity index (χ4n) is 0. The van der Waals surface area contributed by atoms with E-state index >= 15 is 0 Å². The fourth-order valence-corrected chi connectivity index (χ4v) is 0. The van der Waals surface area contributed by atoms with E-state index in [9.17, 15) is 0 Å². The SMILES string of the molecule is CC.[CH2-]/C(C)=C(\[CH2-])C.[Y]. The van der Waals surface area contributed by atoms with Gasteiger partial charge in [-0.05, 0) is 0 Å². The van der Waals surface area contributed by atoms with Gasteiger partial charge in [0.2, 0.25) is 0 Å². The van der Waals surface area contributed by atoms with Gasteiger partial charge in [-0.3, -0.25) is 0 Å². The molecule has 0 heterocycles. The molecule has 53 valence electrons. The average Bonchev–Trinajstić information content (AvgIpc) is 1.72. The van der Waals surface area contributed by atoms with Crippen molar-refractivity contribution in [1.29, 1.82) is 0 Å². The van der Waals surface area contributed by atoms with Crippen molar-refractivity contribution in [3.63, 3.8) is 0 Å². The molecule has 0 aromatic carbocycles. The van der Waals surface area contributed by atoms with Crippen LogP contribution in [-0.4, -0.2) is 0 Å². The molecule has 0 atom stereocenters. The minimum atomic E-state index is 0. The molecule has 0 aromatic heterocycles. The first-order chi connectivity index (χ1) is 3.64. The van der Waals surface area contributed by atoms with E-state index in [1.54, 1.807) is 0 Å². The number of hydrogen-bond donors (Lipinski definition) is 0. The molecule has 0 aliphatic rings. The second-order valence-corrected chi connectivity index (χ2v) is 1.56. The van der Waals surface area contributed by atoms with Crippen LogP contribution in [0.5, 0.6) is 0 Å². The van der Waals surface area contributed by atoms with E-state index in [2.05, 4.69) is 13.8 Å². The summed E-state index contributed by atoms with van der Waals surface area (Å²) in [4.78, 5) is 0. The van der Waals surface area contributed by atoms with Gasteiger partial charge in [-0.25, -0.2) is 0 Å². The van der Waals surface area contributed by atoms with Crippen LogP contribution in [0.4, 0.5) is 0 Å². The molecule has 0 aromatic rings. The van der Waals surface area contributed by atoms with E-state index in [1.807, 2.05) is 27.7 Å². The Hall–Kier alpha value is 0.584. The molecule has 0 saturated carbocycles. The minimum Gasteiger partial charge on any atom is -0.367 e. The number of hydrogen-bond acceptors (Lipinski definition) is 0. The maximum Gasteiger partial charge on any atom is 0 e. The molecule has 0 rings (SSSR count). The van der Waals surface area contributed by atoms with Gasteiger partial charge in [-0.2, -0.15) is 0 Å². The van der Waals surface area contributed by atoms with Gasteiger partial charge in [0.05, 0.1) is 0 Å². The van der Waals surface area contributed by atoms with Gasteiger partial charge in [0.1, 0.15) is 0 Å². The summed E-state index contributed by atoms with van der Waals surface area (Å²) in [6.07, 6.45) is 0. The van der Waals surface area contributed by atoms with Gasteiger partial charge in [0, 0.05) is 32.7 Å². The minimum absolute atomic E-state index is 0. The van der Waals surface area contributed by atoms with Crippen LogP contribution in [0, 0.1) is 13.8 Å². The van der Waals surface area contributed by atoms with Crippen LogP contribution < -0.4 is 0 Å². The van der Waals surface area contributed by atoms with Gasteiger partial charge in [-0.1, -0.05) is 13.8 Å². The van der Waals surface area contributed by atoms with Crippen LogP contribution in [0.1, 0.15) is 27.7 Å². The van der Waals surface area contributed by atoms with Gasteiger partial charge in [0.25, 0.3) is 0 Å². The van der Waals surface area contributed by atoms with Crippen molar-refractivity contribution in [3.8, 4) is 0 Å². The molecular weight excluding hydrogens is 185 g/mol. The maximum absolute atomic E-state index is 3.66. The van der Waals surface area contributed by atoms with E-state index in [1.165, 1.54) is 0 Å². The zero-order valence-corrected chi connectivity index (χ0v) is 9.83. The van der Waals surface area contributed by atoms with Gasteiger partial charge in [-0.15, -0.1) is 13.8 Å². The molecule has 0 saturated heterocycles. The van der Waals surface area contributed by atoms with E-state index in [0.29, 0.717) is 0 Å². The maximum atomic E-state index is 3.66. The van der Waals surface area contributed by atoms with Crippen molar-refractivity contribution < 1.29 is 32.7 Å². The average molecular weight is 201 g/mol. The number of rotatable bonds is 0. The zero-order chi connectivity index (χ0) is 7.15. The molecule has 0 N–H and O–H groups in total. The molecule has 1 heteroatoms. The van der Waals surface area contributed by atoms with Gasteiger partial charge in [0.15, 0.2) is 0 Å². The van der Waals surface area contributed by atoms with Crippen molar-refractivity contribution in [1.82, 2.24) is 0 Å². The van der Waals surface area contributed by atoms with E-state index < -0.39 is 0 Å². The molecule has 0 aliphatic heterocycles. The molecule has 9 heavy (non-hydrogen) atoms. The second-order valence-electron chi connectivity index (χ2n) is 1.56. The van der Waals surface area contributed by atoms with Crippen LogP contribution >= 0.6 is 0 Å². The predicted molar refractivity (Wildman–Crippen MR) is 40.4 cm³/mol. The number of allylic oxidation sites excluding steroid dienone is 2. The summed E-state index contributed by atoms with van der Waals surface area (Å²) >= 11 is 0. The van der Waals surface area contributed by atoms with Crippen molar-refractivity contribution in [2.45, 2.75) is 27.7 Å². The molecule has 0 fully saturated rings. The first-order valence-electron chi connectivity index (χ1n) is 2.96. The van der Waals surface area contributed by atoms with Crippen molar-refractivity contribution in [2.75, 3.05) is 0 Å². The second kappa shape index (κ2) is 11.4. The summed E-state index contributed by atoms with van der Waals surface area (Å²) in [5.41, 5.74) is 2.13. The summed E-state index contributed by atoms with van der Waals surface area (Å²) < 4.78 is 0.